The fourth-order valence-corrected chi connectivity index (χ4v) is 1.93. The summed E-state index contributed by atoms with van der Waals surface area (Å²) in [7, 11) is 0. The third-order valence-corrected chi connectivity index (χ3v) is 3.08. The number of aliphatic carboxylic acids is 1. The van der Waals surface area contributed by atoms with Gasteiger partial charge in [-0.3, -0.25) is 4.79 Å². The summed E-state index contributed by atoms with van der Waals surface area (Å²) >= 11 is 0.948. The molecule has 0 aliphatic carbocycles. The molecule has 0 aliphatic rings. The van der Waals surface area contributed by atoms with E-state index in [-0.39, 0.29) is 12.3 Å². The van der Waals surface area contributed by atoms with Gasteiger partial charge in [0, 0.05) is 0 Å². The smallest absolute Gasteiger partial charge is 0.313 e. The second-order valence-electron chi connectivity index (χ2n) is 3.55. The van der Waals surface area contributed by atoms with Crippen LogP contribution in [0.5, 0.6) is 0 Å². The first-order valence-electron chi connectivity index (χ1n) is 5.11. The number of rotatable bonds is 5. The second-order valence-corrected chi connectivity index (χ2v) is 4.49. The van der Waals surface area contributed by atoms with Gasteiger partial charge in [-0.05, 0) is 28.1 Å². The molecule has 0 amide bonds. The van der Waals surface area contributed by atoms with E-state index in [2.05, 4.69) is 15.5 Å². The van der Waals surface area contributed by atoms with Crippen LogP contribution in [-0.2, 0) is 11.3 Å². The lowest BCUT2D eigenvalue weighted by Crippen LogP contribution is -2.06. The molecule has 2 rings (SSSR count). The molecule has 0 aliphatic heterocycles. The van der Waals surface area contributed by atoms with Gasteiger partial charge in [0.25, 0.3) is 0 Å². The summed E-state index contributed by atoms with van der Waals surface area (Å²) in [5.41, 5.74) is 0.475. The minimum absolute atomic E-state index is 0.131. The fourth-order valence-electron chi connectivity index (χ4n) is 1.34. The molecule has 1 heterocycles. The van der Waals surface area contributed by atoms with E-state index in [1.54, 1.807) is 0 Å². The largest absolute Gasteiger partial charge is 0.481 e. The van der Waals surface area contributed by atoms with Crippen molar-refractivity contribution in [3.8, 4) is 0 Å². The molecule has 0 radical (unpaired) electrons. The van der Waals surface area contributed by atoms with Crippen LogP contribution >= 0.6 is 11.8 Å². The van der Waals surface area contributed by atoms with Gasteiger partial charge >= 0.3 is 5.97 Å². The molecule has 1 aromatic carbocycles. The zero-order valence-electron chi connectivity index (χ0n) is 9.45. The highest BCUT2D eigenvalue weighted by Gasteiger charge is 2.10. The van der Waals surface area contributed by atoms with Crippen molar-refractivity contribution >= 4 is 17.7 Å². The fraction of sp³-hybridized carbons (Fsp3) is 0.200. The summed E-state index contributed by atoms with van der Waals surface area (Å²) in [4.78, 5) is 10.5. The van der Waals surface area contributed by atoms with Gasteiger partial charge < -0.3 is 5.11 Å². The third-order valence-electron chi connectivity index (χ3n) is 2.14. The molecule has 9 heteroatoms. The Morgan fingerprint density at radius 3 is 2.84 bits per heavy atom. The number of carboxylic acid groups (broad SMARTS) is 1. The van der Waals surface area contributed by atoms with E-state index in [4.69, 9.17) is 5.11 Å². The predicted octanol–water partition coefficient (Wildman–Crippen LogP) is 1.18. The lowest BCUT2D eigenvalue weighted by atomic mass is 10.2. The summed E-state index contributed by atoms with van der Waals surface area (Å²) in [6.45, 7) is 0.131. The zero-order valence-corrected chi connectivity index (χ0v) is 10.3. The Labute approximate surface area is 110 Å². The highest BCUT2D eigenvalue weighted by Crippen LogP contribution is 2.15. The molecule has 2 aromatic rings. The minimum atomic E-state index is -0.993. The van der Waals surface area contributed by atoms with Gasteiger partial charge in [0.1, 0.15) is 0 Å². The maximum absolute atomic E-state index is 13.0. The first-order valence-corrected chi connectivity index (χ1v) is 6.09. The normalized spacial score (nSPS) is 10.6. The van der Waals surface area contributed by atoms with Crippen molar-refractivity contribution in [1.29, 1.82) is 0 Å². The zero-order chi connectivity index (χ0) is 13.8. The van der Waals surface area contributed by atoms with Gasteiger partial charge in [-0.1, -0.05) is 17.8 Å². The maximum atomic E-state index is 13.0. The molecule has 0 spiro atoms. The molecule has 0 bridgehead atoms. The number of nitrogens with zero attached hydrogens (tertiary/aromatic N) is 4. The van der Waals surface area contributed by atoms with Crippen LogP contribution in [0.1, 0.15) is 5.56 Å². The Kier molecular flexibility index (Phi) is 4.05. The number of carbonyl (C=O) groups is 1. The van der Waals surface area contributed by atoms with E-state index >= 15 is 0 Å². The van der Waals surface area contributed by atoms with Crippen LogP contribution in [0.3, 0.4) is 0 Å². The van der Waals surface area contributed by atoms with E-state index in [9.17, 15) is 13.6 Å². The molecule has 0 atom stereocenters. The molecule has 0 unspecified atom stereocenters. The molecule has 6 nitrogen and oxygen atoms in total. The molecule has 100 valence electrons. The van der Waals surface area contributed by atoms with Crippen LogP contribution in [0.4, 0.5) is 8.78 Å². The summed E-state index contributed by atoms with van der Waals surface area (Å²) in [5, 5.41) is 19.6. The maximum Gasteiger partial charge on any atom is 0.313 e. The van der Waals surface area contributed by atoms with Crippen molar-refractivity contribution in [3.05, 3.63) is 35.4 Å². The predicted molar refractivity (Wildman–Crippen MR) is 61.6 cm³/mol. The number of thioether (sulfide) groups is 1. The van der Waals surface area contributed by atoms with Gasteiger partial charge in [-0.25, -0.2) is 13.5 Å². The van der Waals surface area contributed by atoms with Crippen LogP contribution in [0, 0.1) is 11.6 Å². The summed E-state index contributed by atoms with van der Waals surface area (Å²) in [6, 6.07) is 3.47. The van der Waals surface area contributed by atoms with Crippen molar-refractivity contribution in [2.45, 2.75) is 11.7 Å². The van der Waals surface area contributed by atoms with E-state index in [1.807, 2.05) is 0 Å². The molecule has 0 saturated carbocycles. The molecule has 19 heavy (non-hydrogen) atoms. The Morgan fingerprint density at radius 2 is 2.16 bits per heavy atom. The van der Waals surface area contributed by atoms with Gasteiger partial charge in [0.15, 0.2) is 11.6 Å². The first kappa shape index (κ1) is 13.4. The SMILES string of the molecule is O=C(O)CSc1nnnn1Cc1ccc(F)c(F)c1. The second kappa shape index (κ2) is 5.74. The number of tetrazole rings is 1. The average molecular weight is 286 g/mol. The Morgan fingerprint density at radius 1 is 1.37 bits per heavy atom. The summed E-state index contributed by atoms with van der Waals surface area (Å²) in [5.74, 6) is -3.06. The van der Waals surface area contributed by atoms with E-state index in [0.717, 1.165) is 23.9 Å². The highest BCUT2D eigenvalue weighted by atomic mass is 32.2. The topological polar surface area (TPSA) is 80.9 Å². The van der Waals surface area contributed by atoms with Crippen molar-refractivity contribution in [1.82, 2.24) is 20.2 Å². The summed E-state index contributed by atoms with van der Waals surface area (Å²) < 4.78 is 27.1. The number of hydrogen-bond acceptors (Lipinski definition) is 5. The molecule has 1 N–H and O–H groups in total. The van der Waals surface area contributed by atoms with Crippen LogP contribution < -0.4 is 0 Å². The quantitative estimate of drug-likeness (QED) is 0.831. The lowest BCUT2D eigenvalue weighted by molar-refractivity contribution is -0.133. The van der Waals surface area contributed by atoms with Gasteiger partial charge in [-0.2, -0.15) is 0 Å². The first-order chi connectivity index (χ1) is 9.06. The van der Waals surface area contributed by atoms with E-state index in [1.165, 1.54) is 10.7 Å². The van der Waals surface area contributed by atoms with Gasteiger partial charge in [0.2, 0.25) is 5.16 Å². The van der Waals surface area contributed by atoms with Crippen LogP contribution in [-0.4, -0.2) is 37.0 Å². The lowest BCUT2D eigenvalue weighted by Gasteiger charge is -2.04. The minimum Gasteiger partial charge on any atom is -0.481 e. The Balaban J connectivity index is 2.12. The van der Waals surface area contributed by atoms with E-state index < -0.39 is 17.6 Å². The average Bonchev–Trinajstić information content (AvgIpc) is 2.79. The molecule has 1 aromatic heterocycles. The number of aromatic nitrogens is 4. The Bertz CT molecular complexity index is 605. The van der Waals surface area contributed by atoms with Crippen LogP contribution in [0.25, 0.3) is 0 Å². The number of benzene rings is 1. The highest BCUT2D eigenvalue weighted by molar-refractivity contribution is 7.99. The van der Waals surface area contributed by atoms with Gasteiger partial charge in [-0.15, -0.1) is 5.10 Å². The monoisotopic (exact) mass is 286 g/mol. The van der Waals surface area contributed by atoms with Crippen molar-refractivity contribution in [3.63, 3.8) is 0 Å². The molecule has 0 saturated heterocycles. The number of hydrogen-bond donors (Lipinski definition) is 1. The summed E-state index contributed by atoms with van der Waals surface area (Å²) in [6.07, 6.45) is 0. The van der Waals surface area contributed by atoms with Gasteiger partial charge in [0.05, 0.1) is 12.3 Å². The standard InChI is InChI=1S/C10H8F2N4O2S/c11-7-2-1-6(3-8(7)12)4-16-10(13-14-15-16)19-5-9(17)18/h1-3H,4-5H2,(H,17,18). The van der Waals surface area contributed by atoms with Crippen molar-refractivity contribution in [2.24, 2.45) is 0 Å². The third kappa shape index (κ3) is 3.47. The van der Waals surface area contributed by atoms with E-state index in [0.29, 0.717) is 10.7 Å². The number of carboxylic acids is 1. The molecule has 0 fully saturated rings. The number of halogens is 2. The van der Waals surface area contributed by atoms with Crippen LogP contribution in [0.2, 0.25) is 0 Å². The van der Waals surface area contributed by atoms with Crippen molar-refractivity contribution in [2.75, 3.05) is 5.75 Å². The Hall–Kier alpha value is -2.03. The van der Waals surface area contributed by atoms with Crippen molar-refractivity contribution < 1.29 is 18.7 Å². The molecular formula is C10H8F2N4O2S. The molecular weight excluding hydrogens is 278 g/mol. The van der Waals surface area contributed by atoms with Crippen LogP contribution in [0.15, 0.2) is 23.4 Å².